The average molecular weight is 300 g/mol. The number of rotatable bonds is 5. The molecule has 0 amide bonds. The molecule has 0 radical (unpaired) electrons. The fourth-order valence-electron chi connectivity index (χ4n) is 1.86. The highest BCUT2D eigenvalue weighted by atomic mass is 32.1. The Morgan fingerprint density at radius 1 is 1.29 bits per heavy atom. The van der Waals surface area contributed by atoms with Crippen molar-refractivity contribution in [3.05, 3.63) is 64.1 Å². The summed E-state index contributed by atoms with van der Waals surface area (Å²) in [5.74, 6) is 0.795. The molecule has 0 saturated carbocycles. The fraction of sp³-hybridized carbons (Fsp3) is 0.125. The van der Waals surface area contributed by atoms with E-state index < -0.39 is 0 Å². The van der Waals surface area contributed by atoms with E-state index in [-0.39, 0.29) is 17.1 Å². The van der Waals surface area contributed by atoms with Gasteiger partial charge < -0.3 is 15.0 Å². The number of methoxy groups -OCH3 is 1. The van der Waals surface area contributed by atoms with E-state index in [1.54, 1.807) is 19.4 Å². The molecule has 4 nitrogen and oxygen atoms in total. The lowest BCUT2D eigenvalue weighted by Crippen LogP contribution is -2.25. The van der Waals surface area contributed by atoms with Gasteiger partial charge in [0.2, 0.25) is 0 Å². The molecule has 0 spiro atoms. The standard InChI is InChI=1S/C16H16N2O2S/c1-20-14-4-2-3-12(9-14)5-6-13-7-8-18(11-15(17)21)16(19)10-13/h2-10H,11H2,1H3,(H2,17,21)/b6-5+. The van der Waals surface area contributed by atoms with Gasteiger partial charge in [0.15, 0.2) is 0 Å². The molecule has 0 aliphatic carbocycles. The second-order valence-corrected chi connectivity index (χ2v) is 5.03. The SMILES string of the molecule is COc1cccc(/C=C/c2ccn(CC(N)=S)c(=O)c2)c1. The minimum Gasteiger partial charge on any atom is -0.497 e. The summed E-state index contributed by atoms with van der Waals surface area (Å²) in [4.78, 5) is 12.2. The van der Waals surface area contributed by atoms with Crippen LogP contribution >= 0.6 is 12.2 Å². The largest absolute Gasteiger partial charge is 0.497 e. The van der Waals surface area contributed by atoms with Gasteiger partial charge in [-0.05, 0) is 29.3 Å². The first-order valence-electron chi connectivity index (χ1n) is 6.39. The van der Waals surface area contributed by atoms with Crippen molar-refractivity contribution >= 4 is 29.4 Å². The Morgan fingerprint density at radius 3 is 2.62 bits per heavy atom. The van der Waals surface area contributed by atoms with Crippen molar-refractivity contribution in [3.63, 3.8) is 0 Å². The molecule has 21 heavy (non-hydrogen) atoms. The average Bonchev–Trinajstić information content (AvgIpc) is 2.47. The molecule has 1 aromatic carbocycles. The van der Waals surface area contributed by atoms with Crippen LogP contribution in [0.25, 0.3) is 12.2 Å². The van der Waals surface area contributed by atoms with E-state index >= 15 is 0 Å². The number of ether oxygens (including phenoxy) is 1. The molecular weight excluding hydrogens is 284 g/mol. The van der Waals surface area contributed by atoms with Gasteiger partial charge >= 0.3 is 0 Å². The zero-order valence-corrected chi connectivity index (χ0v) is 12.5. The Kier molecular flexibility index (Phi) is 4.90. The highest BCUT2D eigenvalue weighted by molar-refractivity contribution is 7.80. The molecule has 0 atom stereocenters. The Balaban J connectivity index is 2.19. The van der Waals surface area contributed by atoms with E-state index in [1.807, 2.05) is 42.5 Å². The first-order valence-corrected chi connectivity index (χ1v) is 6.80. The number of benzene rings is 1. The molecule has 2 N–H and O–H groups in total. The van der Waals surface area contributed by atoms with Crippen LogP contribution in [0.2, 0.25) is 0 Å². The quantitative estimate of drug-likeness (QED) is 0.861. The van der Waals surface area contributed by atoms with Gasteiger partial charge in [0.1, 0.15) is 5.75 Å². The van der Waals surface area contributed by atoms with Gasteiger partial charge in [0.05, 0.1) is 18.6 Å². The number of hydrogen-bond acceptors (Lipinski definition) is 3. The third kappa shape index (κ3) is 4.29. The Bertz CT molecular complexity index is 735. The minimum atomic E-state index is -0.129. The minimum absolute atomic E-state index is 0.129. The van der Waals surface area contributed by atoms with Gasteiger partial charge in [0.25, 0.3) is 5.56 Å². The molecule has 0 bridgehead atoms. The van der Waals surface area contributed by atoms with Crippen molar-refractivity contribution in [1.29, 1.82) is 0 Å². The lowest BCUT2D eigenvalue weighted by Gasteiger charge is -2.04. The Morgan fingerprint density at radius 2 is 2.00 bits per heavy atom. The van der Waals surface area contributed by atoms with Crippen LogP contribution in [0, 0.1) is 0 Å². The third-order valence-corrected chi connectivity index (χ3v) is 3.04. The second-order valence-electron chi connectivity index (χ2n) is 4.50. The van der Waals surface area contributed by atoms with Gasteiger partial charge in [-0.2, -0.15) is 0 Å². The molecule has 0 saturated heterocycles. The molecule has 0 aliphatic rings. The summed E-state index contributed by atoms with van der Waals surface area (Å²) in [7, 11) is 1.63. The number of hydrogen-bond donors (Lipinski definition) is 1. The smallest absolute Gasteiger partial charge is 0.251 e. The van der Waals surface area contributed by atoms with Gasteiger partial charge in [-0.1, -0.05) is 36.5 Å². The molecule has 5 heteroatoms. The fourth-order valence-corrected chi connectivity index (χ4v) is 2.00. The maximum atomic E-state index is 11.9. The summed E-state index contributed by atoms with van der Waals surface area (Å²) in [6.07, 6.45) is 5.49. The molecule has 2 aromatic rings. The molecule has 0 unspecified atom stereocenters. The number of pyridine rings is 1. The number of nitrogens with two attached hydrogens (primary N) is 1. The lowest BCUT2D eigenvalue weighted by molar-refractivity contribution is 0.414. The zero-order chi connectivity index (χ0) is 15.2. The molecular formula is C16H16N2O2S. The van der Waals surface area contributed by atoms with E-state index in [9.17, 15) is 4.79 Å². The summed E-state index contributed by atoms with van der Waals surface area (Å²) in [6, 6.07) is 11.1. The number of thiocarbonyl (C=S) groups is 1. The first kappa shape index (κ1) is 15.0. The number of nitrogens with zero attached hydrogens (tertiary/aromatic N) is 1. The van der Waals surface area contributed by atoms with Gasteiger partial charge in [-0.25, -0.2) is 0 Å². The zero-order valence-electron chi connectivity index (χ0n) is 11.7. The number of aromatic nitrogens is 1. The van der Waals surface area contributed by atoms with Gasteiger partial charge in [0, 0.05) is 12.3 Å². The second kappa shape index (κ2) is 6.85. The normalized spacial score (nSPS) is 10.7. The van der Waals surface area contributed by atoms with Crippen molar-refractivity contribution < 1.29 is 4.74 Å². The maximum absolute atomic E-state index is 11.9. The van der Waals surface area contributed by atoms with Crippen LogP contribution in [0.1, 0.15) is 11.1 Å². The highest BCUT2D eigenvalue weighted by Gasteiger charge is 1.98. The van der Waals surface area contributed by atoms with Crippen molar-refractivity contribution in [2.75, 3.05) is 7.11 Å². The van der Waals surface area contributed by atoms with Crippen molar-refractivity contribution in [2.45, 2.75) is 6.54 Å². The van der Waals surface area contributed by atoms with Crippen molar-refractivity contribution in [2.24, 2.45) is 5.73 Å². The highest BCUT2D eigenvalue weighted by Crippen LogP contribution is 2.14. The predicted octanol–water partition coefficient (Wildman–Crippen LogP) is 2.31. The lowest BCUT2D eigenvalue weighted by atomic mass is 10.1. The van der Waals surface area contributed by atoms with Crippen LogP contribution < -0.4 is 16.0 Å². The van der Waals surface area contributed by atoms with Gasteiger partial charge in [-0.15, -0.1) is 0 Å². The summed E-state index contributed by atoms with van der Waals surface area (Å²) >= 11 is 4.80. The van der Waals surface area contributed by atoms with Crippen LogP contribution in [0.5, 0.6) is 5.75 Å². The predicted molar refractivity (Wildman–Crippen MR) is 89.4 cm³/mol. The molecule has 1 heterocycles. The van der Waals surface area contributed by atoms with Crippen molar-refractivity contribution in [1.82, 2.24) is 4.57 Å². The molecule has 0 fully saturated rings. The van der Waals surface area contributed by atoms with E-state index in [2.05, 4.69) is 0 Å². The van der Waals surface area contributed by atoms with E-state index in [4.69, 9.17) is 22.7 Å². The van der Waals surface area contributed by atoms with E-state index in [0.717, 1.165) is 16.9 Å². The molecule has 0 aliphatic heterocycles. The summed E-state index contributed by atoms with van der Waals surface area (Å²) in [5, 5.41) is 0. The maximum Gasteiger partial charge on any atom is 0.251 e. The van der Waals surface area contributed by atoms with E-state index in [1.165, 1.54) is 4.57 Å². The molecule has 108 valence electrons. The summed E-state index contributed by atoms with van der Waals surface area (Å²) < 4.78 is 6.64. The van der Waals surface area contributed by atoms with Crippen LogP contribution in [0.3, 0.4) is 0 Å². The van der Waals surface area contributed by atoms with Crippen LogP contribution in [-0.2, 0) is 6.54 Å². The molecule has 1 aromatic heterocycles. The summed E-state index contributed by atoms with van der Waals surface area (Å²) in [5.41, 5.74) is 7.13. The topological polar surface area (TPSA) is 57.2 Å². The van der Waals surface area contributed by atoms with E-state index in [0.29, 0.717) is 0 Å². The van der Waals surface area contributed by atoms with Crippen LogP contribution in [-0.4, -0.2) is 16.7 Å². The van der Waals surface area contributed by atoms with Crippen LogP contribution in [0.4, 0.5) is 0 Å². The van der Waals surface area contributed by atoms with Gasteiger partial charge in [-0.3, -0.25) is 4.79 Å². The monoisotopic (exact) mass is 300 g/mol. The Labute approximate surface area is 128 Å². The molecule has 2 rings (SSSR count). The van der Waals surface area contributed by atoms with Crippen molar-refractivity contribution in [3.8, 4) is 5.75 Å². The van der Waals surface area contributed by atoms with Crippen LogP contribution in [0.15, 0.2) is 47.4 Å². The Hall–Kier alpha value is -2.40. The summed E-state index contributed by atoms with van der Waals surface area (Å²) in [6.45, 7) is 0.258. The third-order valence-electron chi connectivity index (χ3n) is 2.91. The first-order chi connectivity index (χ1) is 10.1.